The molecule has 0 unspecified atom stereocenters. The van der Waals surface area contributed by atoms with Gasteiger partial charge >= 0.3 is 12.2 Å². The van der Waals surface area contributed by atoms with E-state index in [1.165, 1.54) is 0 Å². The summed E-state index contributed by atoms with van der Waals surface area (Å²) in [5, 5.41) is 0. The predicted molar refractivity (Wildman–Crippen MR) is 85.8 cm³/mol. The first-order chi connectivity index (χ1) is 12.7. The van der Waals surface area contributed by atoms with Crippen molar-refractivity contribution in [3.05, 3.63) is 48.0 Å². The Morgan fingerprint density at radius 2 is 1.74 bits per heavy atom. The first-order valence-corrected chi connectivity index (χ1v) is 9.42. The maximum atomic E-state index is 12.8. The zero-order valence-electron chi connectivity index (χ0n) is 13.9. The Morgan fingerprint density at radius 1 is 1.11 bits per heavy atom. The van der Waals surface area contributed by atoms with E-state index in [2.05, 4.69) is 9.97 Å². The zero-order valence-corrected chi connectivity index (χ0v) is 14.7. The van der Waals surface area contributed by atoms with Gasteiger partial charge in [-0.2, -0.15) is 17.5 Å². The molecule has 6 nitrogen and oxygen atoms in total. The molecule has 1 aliphatic rings. The molecule has 1 saturated heterocycles. The maximum absolute atomic E-state index is 12.8. The Labute approximate surface area is 152 Å². The molecular weight excluding hydrogens is 390 g/mol. The fraction of sp³-hybridized carbons (Fsp3) is 0.375. The Balaban J connectivity index is 1.73. The minimum atomic E-state index is -4.54. The molecule has 1 atom stereocenters. The molecule has 1 aromatic carbocycles. The summed E-state index contributed by atoms with van der Waals surface area (Å²) in [6.45, 7) is 0.206. The van der Waals surface area contributed by atoms with E-state index in [1.54, 1.807) is 0 Å². The molecule has 11 heteroatoms. The quantitative estimate of drug-likeness (QED) is 0.732. The molecule has 3 rings (SSSR count). The van der Waals surface area contributed by atoms with E-state index in [1.807, 2.05) is 0 Å². The Morgan fingerprint density at radius 3 is 2.33 bits per heavy atom. The van der Waals surface area contributed by atoms with Gasteiger partial charge in [0.25, 0.3) is 0 Å². The van der Waals surface area contributed by atoms with Crippen molar-refractivity contribution in [2.45, 2.75) is 30.0 Å². The van der Waals surface area contributed by atoms with Crippen LogP contribution in [0.4, 0.5) is 17.6 Å². The molecule has 2 heterocycles. The molecular formula is C16H15F4N3O3S. The third-order valence-electron chi connectivity index (χ3n) is 4.03. The summed E-state index contributed by atoms with van der Waals surface area (Å²) in [7, 11) is -3.97. The Bertz CT molecular complexity index is 887. The fourth-order valence-electron chi connectivity index (χ4n) is 2.69. The largest absolute Gasteiger partial charge is 0.459 e. The van der Waals surface area contributed by atoms with Crippen LogP contribution >= 0.6 is 0 Å². The molecule has 146 valence electrons. The number of benzene rings is 1. The van der Waals surface area contributed by atoms with Crippen molar-refractivity contribution in [2.75, 3.05) is 13.1 Å². The monoisotopic (exact) mass is 405 g/mol. The molecule has 2 aromatic rings. The van der Waals surface area contributed by atoms with Crippen molar-refractivity contribution in [2.24, 2.45) is 0 Å². The number of piperidine rings is 1. The van der Waals surface area contributed by atoms with Crippen LogP contribution in [0.1, 0.15) is 18.4 Å². The zero-order chi connectivity index (χ0) is 19.7. The second-order valence-corrected chi connectivity index (χ2v) is 7.89. The number of hydrogen-bond acceptors (Lipinski definition) is 5. The first-order valence-electron chi connectivity index (χ1n) is 7.98. The maximum Gasteiger partial charge on any atom is 0.416 e. The number of ether oxygens (including phenoxy) is 1. The van der Waals surface area contributed by atoms with E-state index in [-0.39, 0.29) is 24.0 Å². The second-order valence-electron chi connectivity index (χ2n) is 5.95. The lowest BCUT2D eigenvalue weighted by Crippen LogP contribution is -2.44. The topological polar surface area (TPSA) is 72.4 Å². The van der Waals surface area contributed by atoms with Gasteiger partial charge in [0.05, 0.1) is 29.4 Å². The molecule has 0 bridgehead atoms. The highest BCUT2D eigenvalue weighted by molar-refractivity contribution is 7.89. The van der Waals surface area contributed by atoms with E-state index in [9.17, 15) is 26.0 Å². The third kappa shape index (κ3) is 4.53. The Kier molecular flexibility index (Phi) is 5.33. The highest BCUT2D eigenvalue weighted by Crippen LogP contribution is 2.30. The summed E-state index contributed by atoms with van der Waals surface area (Å²) in [4.78, 5) is 7.11. The van der Waals surface area contributed by atoms with Gasteiger partial charge in [0, 0.05) is 6.54 Å². The highest BCUT2D eigenvalue weighted by Gasteiger charge is 2.34. The van der Waals surface area contributed by atoms with Crippen LogP contribution in [0.5, 0.6) is 6.01 Å². The summed E-state index contributed by atoms with van der Waals surface area (Å²) in [5.74, 6) is -0.627. The molecule has 27 heavy (non-hydrogen) atoms. The molecule has 0 amide bonds. The van der Waals surface area contributed by atoms with Crippen molar-refractivity contribution in [1.29, 1.82) is 0 Å². The lowest BCUT2D eigenvalue weighted by Gasteiger charge is -2.31. The average molecular weight is 405 g/mol. The van der Waals surface area contributed by atoms with Crippen molar-refractivity contribution in [3.63, 3.8) is 0 Å². The normalized spacial score (nSPS) is 19.0. The summed E-state index contributed by atoms with van der Waals surface area (Å²) < 4.78 is 82.8. The van der Waals surface area contributed by atoms with E-state index in [0.29, 0.717) is 12.8 Å². The van der Waals surface area contributed by atoms with Gasteiger partial charge < -0.3 is 4.74 Å². The first kappa shape index (κ1) is 19.5. The lowest BCUT2D eigenvalue weighted by atomic mass is 10.1. The molecule has 0 aliphatic carbocycles. The highest BCUT2D eigenvalue weighted by atomic mass is 32.2. The van der Waals surface area contributed by atoms with Crippen LogP contribution in [-0.2, 0) is 16.2 Å². The minimum absolute atomic E-state index is 0.00983. The van der Waals surface area contributed by atoms with Crippen LogP contribution in [0.25, 0.3) is 0 Å². The SMILES string of the molecule is O=S(=O)(c1ccc(C(F)(F)F)cc1)N1CCC[C@@H](Oc2ncc(F)cn2)C1. The van der Waals surface area contributed by atoms with Crippen LogP contribution in [0, 0.1) is 5.82 Å². The predicted octanol–water partition coefficient (Wildman–Crippen LogP) is 2.87. The summed E-state index contributed by atoms with van der Waals surface area (Å²) in [6.07, 6.45) is -2.19. The summed E-state index contributed by atoms with van der Waals surface area (Å²) >= 11 is 0. The van der Waals surface area contributed by atoms with Crippen LogP contribution in [-0.4, -0.2) is 41.9 Å². The number of alkyl halides is 3. The molecule has 1 aromatic heterocycles. The van der Waals surface area contributed by atoms with E-state index in [0.717, 1.165) is 41.0 Å². The average Bonchev–Trinajstić information content (AvgIpc) is 2.63. The van der Waals surface area contributed by atoms with Gasteiger partial charge in [0.2, 0.25) is 10.0 Å². The Hall–Kier alpha value is -2.27. The van der Waals surface area contributed by atoms with Gasteiger partial charge in [-0.25, -0.2) is 22.8 Å². The smallest absolute Gasteiger partial charge is 0.416 e. The number of sulfonamides is 1. The van der Waals surface area contributed by atoms with Gasteiger partial charge in [-0.3, -0.25) is 0 Å². The van der Waals surface area contributed by atoms with Gasteiger partial charge in [0.15, 0.2) is 5.82 Å². The van der Waals surface area contributed by atoms with Crippen LogP contribution < -0.4 is 4.74 Å². The van der Waals surface area contributed by atoms with Gasteiger partial charge in [-0.05, 0) is 37.1 Å². The number of halogens is 4. The minimum Gasteiger partial charge on any atom is -0.459 e. The lowest BCUT2D eigenvalue weighted by molar-refractivity contribution is -0.137. The van der Waals surface area contributed by atoms with Crippen molar-refractivity contribution in [3.8, 4) is 6.01 Å². The number of nitrogens with zero attached hydrogens (tertiary/aromatic N) is 3. The number of hydrogen-bond donors (Lipinski definition) is 0. The van der Waals surface area contributed by atoms with Crippen LogP contribution in [0.3, 0.4) is 0 Å². The molecule has 0 saturated carbocycles. The molecule has 1 aliphatic heterocycles. The van der Waals surface area contributed by atoms with Gasteiger partial charge in [-0.15, -0.1) is 0 Å². The third-order valence-corrected chi connectivity index (χ3v) is 5.91. The molecule has 0 N–H and O–H groups in total. The standard InChI is InChI=1S/C16H15F4N3O3S/c17-12-8-21-15(22-9-12)26-13-2-1-7-23(10-13)27(24,25)14-5-3-11(4-6-14)16(18,19)20/h3-6,8-9,13H,1-2,7,10H2/t13-/m1/s1. The second kappa shape index (κ2) is 7.39. The summed E-state index contributed by atoms with van der Waals surface area (Å²) in [6, 6.07) is 3.27. The number of aromatic nitrogens is 2. The van der Waals surface area contributed by atoms with E-state index in [4.69, 9.17) is 4.74 Å². The summed E-state index contributed by atoms with van der Waals surface area (Å²) in [5.41, 5.74) is -0.922. The van der Waals surface area contributed by atoms with Gasteiger partial charge in [0.1, 0.15) is 6.10 Å². The number of rotatable bonds is 4. The van der Waals surface area contributed by atoms with E-state index < -0.39 is 33.7 Å². The van der Waals surface area contributed by atoms with Crippen molar-refractivity contribution < 1.29 is 30.7 Å². The van der Waals surface area contributed by atoms with Gasteiger partial charge in [-0.1, -0.05) is 0 Å². The van der Waals surface area contributed by atoms with Crippen molar-refractivity contribution >= 4 is 10.0 Å². The molecule has 0 spiro atoms. The van der Waals surface area contributed by atoms with E-state index >= 15 is 0 Å². The molecule has 0 radical (unpaired) electrons. The van der Waals surface area contributed by atoms with Crippen LogP contribution in [0.15, 0.2) is 41.6 Å². The van der Waals surface area contributed by atoms with Crippen molar-refractivity contribution in [1.82, 2.24) is 14.3 Å². The fourth-order valence-corrected chi connectivity index (χ4v) is 4.20. The van der Waals surface area contributed by atoms with Crippen LogP contribution in [0.2, 0.25) is 0 Å². The molecule has 1 fully saturated rings.